The molecule has 10 fully saturated rings. The molecule has 6 saturated heterocycles. The Morgan fingerprint density at radius 1 is 0.623 bits per heavy atom. The zero-order valence-corrected chi connectivity index (χ0v) is 44.3. The number of aliphatic hydroxyl groups excluding tert-OH is 12. The summed E-state index contributed by atoms with van der Waals surface area (Å²) >= 11 is 0. The summed E-state index contributed by atoms with van der Waals surface area (Å²) in [6.07, 6.45) is -27.7. The predicted octanol–water partition coefficient (Wildman–Crippen LogP) is -4.18. The largest absolute Gasteiger partial charge is 0.456 e. The van der Waals surface area contributed by atoms with Crippen LogP contribution >= 0.6 is 0 Å². The molecule has 0 spiro atoms. The summed E-state index contributed by atoms with van der Waals surface area (Å²) in [5.41, 5.74) is -0.0378. The van der Waals surface area contributed by atoms with Crippen molar-refractivity contribution in [1.82, 2.24) is 5.32 Å². The summed E-state index contributed by atoms with van der Waals surface area (Å²) in [5.74, 6) is -0.457. The van der Waals surface area contributed by atoms with Gasteiger partial charge in [0, 0.05) is 19.4 Å². The van der Waals surface area contributed by atoms with E-state index in [1.807, 2.05) is 6.92 Å². The number of ether oxygens (including phenoxy) is 10. The van der Waals surface area contributed by atoms with Gasteiger partial charge in [-0.2, -0.15) is 0 Å². The molecule has 0 aromatic heterocycles. The smallest absolute Gasteiger partial charge is 0.303 e. The van der Waals surface area contributed by atoms with E-state index in [9.17, 15) is 71.2 Å². The van der Waals surface area contributed by atoms with E-state index in [0.717, 1.165) is 38.5 Å². The molecule has 25 nitrogen and oxygen atoms in total. The number of carbonyl (C=O) groups excluding carboxylic acids is 1. The van der Waals surface area contributed by atoms with Gasteiger partial charge >= 0.3 is 5.97 Å². The Hall–Kier alpha value is -1.45. The van der Waals surface area contributed by atoms with Gasteiger partial charge in [-0.15, -0.1) is 0 Å². The summed E-state index contributed by atoms with van der Waals surface area (Å²) in [7, 11) is 0. The van der Waals surface area contributed by atoms with Crippen LogP contribution in [0.3, 0.4) is 0 Å². The average Bonchev–Trinajstić information content (AvgIpc) is 4.00. The Balaban J connectivity index is 0.817. The van der Waals surface area contributed by atoms with E-state index in [0.29, 0.717) is 37.1 Å². The standard InChI is InChI=1S/C52H85NO24/c1-19-14-53-44-20(2)32-28(77-52(44,67)45(19)69-21(3)57)13-26-24-7-6-22-12-23(8-10-50(22,4)25(24)9-11-51(26,32)5)70-47-40(66)37(63)41(31(17-56)73-47)74-49-43(76-48-39(65)36(62)34(60)29(15-54)71-48)42(35(61)30(16-55)72-49)75-46-38(64)33(59)27(58)18-68-46/h19-20,22-49,53-56,58-67H,6-18H2,1-5H3/t19-,20-,22-,23-,24+,25-,26-,27+,28-,29+,30+,31+,32-,33-,34+,35+,36-,37+,38+,39+,40+,41-,42-,43+,44+,45+,46-,47+,48-,49-,50-,51-,52-/m0/s1. The Labute approximate surface area is 446 Å². The summed E-state index contributed by atoms with van der Waals surface area (Å²) in [4.78, 5) is 12.3. The average molecular weight is 1110 g/mol. The monoisotopic (exact) mass is 1110 g/mol. The Morgan fingerprint density at radius 2 is 1.23 bits per heavy atom. The SMILES string of the molecule is CC(=O)O[C@@H]1[C@@H](C)CN[C@@H]2[C@@H](C)[C@H]3[C@H](C[C@H]4[C@@H]5CC[C@H]6C[C@@H](O[C@@H]7O[C@H](CO)[C@H](O[C@@H]8O[C@H](CO)[C@@H](O)[C@H](O[C@@H]9OC[C@@H](O)[C@H](O)[C@H]9O)[C@H]8O[C@@H]8O[C@H](CO)[C@@H](O)[C@H](O)[C@H]8O)[C@H](O)[C@H]7O)CC[C@]6(C)[C@H]5CC[C@]34C)O[C@@]21O. The highest BCUT2D eigenvalue weighted by molar-refractivity contribution is 5.66. The highest BCUT2D eigenvalue weighted by Crippen LogP contribution is 2.70. The van der Waals surface area contributed by atoms with E-state index in [2.05, 4.69) is 26.1 Å². The molecule has 0 aromatic carbocycles. The third-order valence-corrected chi connectivity index (χ3v) is 20.6. The minimum atomic E-state index is -2.02. The van der Waals surface area contributed by atoms with Gasteiger partial charge in [-0.05, 0) is 97.7 Å². The van der Waals surface area contributed by atoms with Gasteiger partial charge in [0.15, 0.2) is 31.3 Å². The number of esters is 1. The highest BCUT2D eigenvalue weighted by atomic mass is 16.8. The van der Waals surface area contributed by atoms with E-state index in [1.165, 1.54) is 6.92 Å². The van der Waals surface area contributed by atoms with Gasteiger partial charge < -0.3 is 119 Å². The van der Waals surface area contributed by atoms with E-state index in [-0.39, 0.29) is 46.6 Å². The topological polar surface area (TPSA) is 384 Å². The third-order valence-electron chi connectivity index (χ3n) is 20.6. The fourth-order valence-corrected chi connectivity index (χ4v) is 16.6. The lowest BCUT2D eigenvalue weighted by molar-refractivity contribution is -0.404. The second-order valence-electron chi connectivity index (χ2n) is 24.8. The van der Waals surface area contributed by atoms with Gasteiger partial charge in [0.05, 0.1) is 44.7 Å². The molecule has 0 bridgehead atoms. The molecule has 0 unspecified atom stereocenters. The lowest BCUT2D eigenvalue weighted by Crippen LogP contribution is -2.74. The molecular formula is C52H85NO24. The third kappa shape index (κ3) is 10.2. The van der Waals surface area contributed by atoms with Gasteiger partial charge in [-0.1, -0.05) is 27.7 Å². The summed E-state index contributed by atoms with van der Waals surface area (Å²) < 4.78 is 60.5. The van der Waals surface area contributed by atoms with Crippen molar-refractivity contribution >= 4 is 5.97 Å². The number of rotatable bonds is 12. The molecule has 4 saturated carbocycles. The molecule has 25 heteroatoms. The number of hydrogen-bond acceptors (Lipinski definition) is 25. The molecule has 6 aliphatic heterocycles. The molecule has 0 aromatic rings. The summed E-state index contributed by atoms with van der Waals surface area (Å²) in [6.45, 7) is 7.90. The van der Waals surface area contributed by atoms with Gasteiger partial charge in [0.2, 0.25) is 5.79 Å². The number of carbonyl (C=O) groups is 1. The quantitative estimate of drug-likeness (QED) is 0.0651. The Kier molecular flexibility index (Phi) is 17.2. The maximum atomic E-state index is 12.3. The molecule has 4 aliphatic carbocycles. The molecule has 14 N–H and O–H groups in total. The van der Waals surface area contributed by atoms with Crippen molar-refractivity contribution in [2.24, 2.45) is 52.3 Å². The first-order valence-electron chi connectivity index (χ1n) is 27.9. The van der Waals surface area contributed by atoms with Crippen LogP contribution in [-0.4, -0.2) is 252 Å². The van der Waals surface area contributed by atoms with E-state index in [1.54, 1.807) is 0 Å². The van der Waals surface area contributed by atoms with Crippen LogP contribution in [0.4, 0.5) is 0 Å². The van der Waals surface area contributed by atoms with Crippen molar-refractivity contribution in [1.29, 1.82) is 0 Å². The molecule has 442 valence electrons. The summed E-state index contributed by atoms with van der Waals surface area (Å²) in [5, 5.41) is 145. The highest BCUT2D eigenvalue weighted by Gasteiger charge is 2.70. The van der Waals surface area contributed by atoms with Gasteiger partial charge in [-0.3, -0.25) is 4.79 Å². The number of hydrogen-bond donors (Lipinski definition) is 14. The van der Waals surface area contributed by atoms with Crippen LogP contribution in [0.15, 0.2) is 0 Å². The van der Waals surface area contributed by atoms with Gasteiger partial charge in [0.1, 0.15) is 91.6 Å². The Bertz CT molecular complexity index is 2030. The van der Waals surface area contributed by atoms with E-state index < -0.39 is 167 Å². The zero-order valence-electron chi connectivity index (χ0n) is 44.3. The van der Waals surface area contributed by atoms with E-state index in [4.69, 9.17) is 47.4 Å². The predicted molar refractivity (Wildman–Crippen MR) is 257 cm³/mol. The van der Waals surface area contributed by atoms with Crippen molar-refractivity contribution < 1.29 is 119 Å². The van der Waals surface area contributed by atoms with Gasteiger partial charge in [0.25, 0.3) is 0 Å². The molecular weight excluding hydrogens is 1020 g/mol. The second-order valence-corrected chi connectivity index (χ2v) is 24.8. The maximum Gasteiger partial charge on any atom is 0.303 e. The van der Waals surface area contributed by atoms with Crippen LogP contribution in [0, 0.1) is 52.3 Å². The summed E-state index contributed by atoms with van der Waals surface area (Å²) in [6, 6.07) is -0.387. The molecule has 6 heterocycles. The Morgan fingerprint density at radius 3 is 1.94 bits per heavy atom. The van der Waals surface area contributed by atoms with Crippen LogP contribution in [0.25, 0.3) is 0 Å². The fourth-order valence-electron chi connectivity index (χ4n) is 16.6. The van der Waals surface area contributed by atoms with Crippen LogP contribution in [0.2, 0.25) is 0 Å². The van der Waals surface area contributed by atoms with Crippen LogP contribution in [0.1, 0.15) is 86.0 Å². The molecule has 10 rings (SSSR count). The minimum absolute atomic E-state index is 0.0141. The van der Waals surface area contributed by atoms with Crippen LogP contribution in [-0.2, 0) is 52.2 Å². The minimum Gasteiger partial charge on any atom is -0.456 e. The number of aliphatic hydroxyl groups is 13. The first-order valence-corrected chi connectivity index (χ1v) is 27.9. The molecule has 0 amide bonds. The van der Waals surface area contributed by atoms with Crippen molar-refractivity contribution in [2.45, 2.75) is 233 Å². The number of piperidine rings is 1. The number of nitrogens with one attached hydrogen (secondary N) is 1. The second kappa shape index (κ2) is 22.6. The molecule has 10 aliphatic rings. The first kappa shape index (κ1) is 58.7. The van der Waals surface area contributed by atoms with Crippen molar-refractivity contribution in [2.75, 3.05) is 33.0 Å². The lowest BCUT2D eigenvalue weighted by Gasteiger charge is -2.62. The van der Waals surface area contributed by atoms with E-state index >= 15 is 0 Å². The fraction of sp³-hybridized carbons (Fsp3) is 0.981. The van der Waals surface area contributed by atoms with Crippen molar-refractivity contribution in [3.8, 4) is 0 Å². The first-order chi connectivity index (χ1) is 36.5. The number of fused-ring (bicyclic) bond motifs is 8. The van der Waals surface area contributed by atoms with Crippen molar-refractivity contribution in [3.05, 3.63) is 0 Å². The van der Waals surface area contributed by atoms with Gasteiger partial charge in [-0.25, -0.2) is 0 Å². The van der Waals surface area contributed by atoms with Crippen LogP contribution in [0.5, 0.6) is 0 Å². The molecule has 77 heavy (non-hydrogen) atoms. The molecule has 33 atom stereocenters. The zero-order chi connectivity index (χ0) is 55.4. The maximum absolute atomic E-state index is 12.3. The van der Waals surface area contributed by atoms with Crippen molar-refractivity contribution in [3.63, 3.8) is 0 Å². The van der Waals surface area contributed by atoms with Crippen LogP contribution < -0.4 is 5.32 Å². The molecule has 0 radical (unpaired) electrons. The normalized spacial score (nSPS) is 56.7. The lowest BCUT2D eigenvalue weighted by atomic mass is 9.44.